The molecule has 0 unspecified atom stereocenters. The summed E-state index contributed by atoms with van der Waals surface area (Å²) in [7, 11) is 0. The molecule has 12 N–H and O–H groups in total. The molecule has 4 aliphatic carbocycles. The van der Waals surface area contributed by atoms with Gasteiger partial charge in [-0.3, -0.25) is 24.0 Å². The first-order valence-electron chi connectivity index (χ1n) is 26.6. The largest absolute Gasteiger partial charge is 0.480 e. The van der Waals surface area contributed by atoms with E-state index in [0.29, 0.717) is 49.4 Å². The molecule has 1 aromatic carbocycles. The summed E-state index contributed by atoms with van der Waals surface area (Å²) < 4.78 is 10.6. The number of rotatable bonds is 30. The Kier molecular flexibility index (Phi) is 22.5. The van der Waals surface area contributed by atoms with Crippen LogP contribution in [-0.2, 0) is 43.0 Å². The maximum Gasteiger partial charge on any atom is 0.326 e. The Morgan fingerprint density at radius 1 is 0.662 bits per heavy atom. The molecule has 4 aliphatic rings. The number of amides is 5. The molecule has 0 spiro atoms. The lowest BCUT2D eigenvalue weighted by atomic mass is 9.43. The SMILES string of the molecule is C[C@H](CCC(=O)N[C@@H](CCC(=O)N[C@@H](CCC(=O)NCCOCCOCC(=O)N[C@@H](CCCCNC(=O)c1ccc(N)cc1)C(=O)O)C(=O)O)C(=O)O)[C@H]1CC[C@H]2[C@@H]3[C@H](O)C[C@@H]4CCCC[C@]4(C)[C@H]3C[C@H](O)[C@]12C. The van der Waals surface area contributed by atoms with Gasteiger partial charge in [0.2, 0.25) is 23.6 Å². The number of benzene rings is 1. The second-order valence-electron chi connectivity index (χ2n) is 21.7. The van der Waals surface area contributed by atoms with Crippen molar-refractivity contribution in [3.63, 3.8) is 0 Å². The standard InChI is InChI=1S/C53H82N6O15/c1-31(35-15-16-36-47-37(29-42(61)53(35,36)3)52(2)22-6-4-8-33(52)28-41(47)60)10-19-44(63)57-40(51(71)72)18-21-45(64)58-39(50(69)70)17-20-43(62)55-24-25-73-26-27-74-30-46(65)59-38(49(67)68)9-5-7-23-56-48(66)32-11-13-34(54)14-12-32/h11-14,31,33,35-42,47,60-61H,4-10,15-30,54H2,1-3H3,(H,55,62)(H,56,66)(H,57,63)(H,58,64)(H,59,65)(H,67,68)(H,69,70)(H,71,72)/t31-,33+,35-,36+,37+,38+,39+,40+,41-,42+,47+,52+,53-/m1/s1. The van der Waals surface area contributed by atoms with Gasteiger partial charge in [-0.2, -0.15) is 0 Å². The van der Waals surface area contributed by atoms with Crippen molar-refractivity contribution in [1.82, 2.24) is 26.6 Å². The molecule has 0 aromatic heterocycles. The van der Waals surface area contributed by atoms with E-state index in [1.165, 1.54) is 12.8 Å². The molecule has 13 atom stereocenters. The van der Waals surface area contributed by atoms with Crippen LogP contribution in [0.1, 0.15) is 140 Å². The number of aliphatic carboxylic acids is 3. The molecule has 74 heavy (non-hydrogen) atoms. The zero-order valence-corrected chi connectivity index (χ0v) is 43.3. The molecule has 5 rings (SSSR count). The minimum absolute atomic E-state index is 0.00754. The number of carboxylic acids is 3. The van der Waals surface area contributed by atoms with Crippen LogP contribution in [0.2, 0.25) is 0 Å². The molecule has 0 bridgehead atoms. The first kappa shape index (κ1) is 59.5. The molecule has 414 valence electrons. The van der Waals surface area contributed by atoms with E-state index in [1.807, 2.05) is 0 Å². The molecule has 21 heteroatoms. The first-order valence-corrected chi connectivity index (χ1v) is 26.6. The van der Waals surface area contributed by atoms with Gasteiger partial charge in [-0.05, 0) is 148 Å². The number of anilines is 1. The average molecular weight is 1040 g/mol. The Morgan fingerprint density at radius 3 is 1.91 bits per heavy atom. The lowest BCUT2D eigenvalue weighted by molar-refractivity contribution is -0.201. The number of unbranched alkanes of at least 4 members (excludes halogenated alkanes) is 1. The summed E-state index contributed by atoms with van der Waals surface area (Å²) in [5.41, 5.74) is 6.34. The average Bonchev–Trinajstić information content (AvgIpc) is 3.72. The minimum Gasteiger partial charge on any atom is -0.480 e. The van der Waals surface area contributed by atoms with Crippen LogP contribution < -0.4 is 32.3 Å². The summed E-state index contributed by atoms with van der Waals surface area (Å²) in [6.45, 7) is 6.69. The van der Waals surface area contributed by atoms with Crippen molar-refractivity contribution in [3.8, 4) is 0 Å². The molecular formula is C53H82N6O15. The van der Waals surface area contributed by atoms with Crippen LogP contribution in [0.5, 0.6) is 0 Å². The fraction of sp³-hybridized carbons (Fsp3) is 0.736. The molecule has 21 nitrogen and oxygen atoms in total. The maximum absolute atomic E-state index is 13.1. The van der Waals surface area contributed by atoms with E-state index in [1.54, 1.807) is 24.3 Å². The predicted octanol–water partition coefficient (Wildman–Crippen LogP) is 2.99. The van der Waals surface area contributed by atoms with Crippen molar-refractivity contribution in [3.05, 3.63) is 29.8 Å². The molecule has 1 aromatic rings. The van der Waals surface area contributed by atoms with Crippen LogP contribution >= 0.6 is 0 Å². The molecular weight excluding hydrogens is 961 g/mol. The van der Waals surface area contributed by atoms with E-state index in [4.69, 9.17) is 15.2 Å². The van der Waals surface area contributed by atoms with E-state index in [9.17, 15) is 63.9 Å². The third-order valence-electron chi connectivity index (χ3n) is 17.1. The Morgan fingerprint density at radius 2 is 1.26 bits per heavy atom. The fourth-order valence-electron chi connectivity index (χ4n) is 13.0. The highest BCUT2D eigenvalue weighted by atomic mass is 16.5. The van der Waals surface area contributed by atoms with Crippen molar-refractivity contribution in [1.29, 1.82) is 0 Å². The zero-order chi connectivity index (χ0) is 54.2. The van der Waals surface area contributed by atoms with Gasteiger partial charge >= 0.3 is 17.9 Å². The Labute approximate surface area is 433 Å². The van der Waals surface area contributed by atoms with Gasteiger partial charge in [-0.1, -0.05) is 33.6 Å². The summed E-state index contributed by atoms with van der Waals surface area (Å²) in [5, 5.41) is 65.1. The number of ether oxygens (including phenoxy) is 2. The number of aliphatic hydroxyl groups excluding tert-OH is 2. The second kappa shape index (κ2) is 28.0. The highest BCUT2D eigenvalue weighted by Crippen LogP contribution is 2.68. The number of aliphatic hydroxyl groups is 2. The molecule has 4 fully saturated rings. The van der Waals surface area contributed by atoms with Crippen LogP contribution in [0.15, 0.2) is 24.3 Å². The first-order chi connectivity index (χ1) is 35.1. The van der Waals surface area contributed by atoms with Crippen LogP contribution in [0.4, 0.5) is 5.69 Å². The van der Waals surface area contributed by atoms with E-state index < -0.39 is 84.2 Å². The van der Waals surface area contributed by atoms with Gasteiger partial charge < -0.3 is 67.3 Å². The van der Waals surface area contributed by atoms with Gasteiger partial charge in [-0.15, -0.1) is 0 Å². The fourth-order valence-corrected chi connectivity index (χ4v) is 13.0. The lowest BCUT2D eigenvalue weighted by Gasteiger charge is -2.63. The van der Waals surface area contributed by atoms with Crippen molar-refractivity contribution in [2.45, 2.75) is 160 Å². The van der Waals surface area contributed by atoms with Crippen LogP contribution in [-0.4, -0.2) is 143 Å². The van der Waals surface area contributed by atoms with Gasteiger partial charge in [0.1, 0.15) is 24.7 Å². The number of nitrogens with one attached hydrogen (secondary N) is 5. The molecule has 4 saturated carbocycles. The Hall–Kier alpha value is -5.38. The monoisotopic (exact) mass is 1040 g/mol. The minimum atomic E-state index is -1.44. The zero-order valence-electron chi connectivity index (χ0n) is 43.3. The summed E-state index contributed by atoms with van der Waals surface area (Å²) >= 11 is 0. The maximum atomic E-state index is 13.1. The van der Waals surface area contributed by atoms with Gasteiger partial charge in [0.25, 0.3) is 5.91 Å². The van der Waals surface area contributed by atoms with Gasteiger partial charge in [0.05, 0.1) is 32.0 Å². The number of carboxylic acid groups (broad SMARTS) is 3. The van der Waals surface area contributed by atoms with Crippen LogP contribution in [0.3, 0.4) is 0 Å². The van der Waals surface area contributed by atoms with Crippen LogP contribution in [0, 0.1) is 46.3 Å². The number of hydrogen-bond donors (Lipinski definition) is 11. The summed E-state index contributed by atoms with van der Waals surface area (Å²) in [6.07, 6.45) is 7.40. The smallest absolute Gasteiger partial charge is 0.326 e. The number of fused-ring (bicyclic) bond motifs is 5. The van der Waals surface area contributed by atoms with Crippen LogP contribution in [0.25, 0.3) is 0 Å². The Bertz CT molecular complexity index is 2090. The number of carbonyl (C=O) groups is 8. The highest BCUT2D eigenvalue weighted by Gasteiger charge is 2.65. The van der Waals surface area contributed by atoms with E-state index in [0.717, 1.165) is 32.1 Å². The quantitative estimate of drug-likeness (QED) is 0.0390. The summed E-state index contributed by atoms with van der Waals surface area (Å²) in [4.78, 5) is 98.6. The molecule has 0 heterocycles. The molecule has 5 amide bonds. The lowest BCUT2D eigenvalue weighted by Crippen LogP contribution is -2.61. The van der Waals surface area contributed by atoms with Crippen molar-refractivity contribution in [2.24, 2.45) is 46.3 Å². The number of nitrogens with two attached hydrogens (primary N) is 1. The molecule has 0 radical (unpaired) electrons. The third-order valence-corrected chi connectivity index (χ3v) is 17.1. The normalized spacial score (nSPS) is 27.6. The summed E-state index contributed by atoms with van der Waals surface area (Å²) in [5.74, 6) is -5.38. The number of hydrogen-bond acceptors (Lipinski definition) is 13. The van der Waals surface area contributed by atoms with Crippen molar-refractivity contribution in [2.75, 3.05) is 45.3 Å². The molecule has 0 aliphatic heterocycles. The second-order valence-corrected chi connectivity index (χ2v) is 21.7. The van der Waals surface area contributed by atoms with E-state index in [2.05, 4.69) is 47.4 Å². The van der Waals surface area contributed by atoms with Gasteiger partial charge in [-0.25, -0.2) is 14.4 Å². The number of nitrogen functional groups attached to an aromatic ring is 1. The van der Waals surface area contributed by atoms with Crippen molar-refractivity contribution < 1.29 is 73.4 Å². The topological polar surface area (TPSA) is 342 Å². The highest BCUT2D eigenvalue weighted by molar-refractivity contribution is 5.94. The van der Waals surface area contributed by atoms with E-state index in [-0.39, 0.29) is 105 Å². The van der Waals surface area contributed by atoms with Gasteiger partial charge in [0, 0.05) is 43.6 Å². The van der Waals surface area contributed by atoms with Crippen molar-refractivity contribution >= 4 is 53.1 Å². The third kappa shape index (κ3) is 16.1. The molecule has 0 saturated heterocycles. The van der Waals surface area contributed by atoms with E-state index >= 15 is 0 Å². The predicted molar refractivity (Wildman–Crippen MR) is 270 cm³/mol. The van der Waals surface area contributed by atoms with Gasteiger partial charge in [0.15, 0.2) is 0 Å². The Balaban J connectivity index is 0.913. The summed E-state index contributed by atoms with van der Waals surface area (Å²) in [6, 6.07) is 2.44. The number of carbonyl (C=O) groups excluding carboxylic acids is 5.